The van der Waals surface area contributed by atoms with Crippen LogP contribution in [0.1, 0.15) is 11.1 Å². The van der Waals surface area contributed by atoms with Crippen molar-refractivity contribution in [2.24, 2.45) is 0 Å². The van der Waals surface area contributed by atoms with Gasteiger partial charge in [0.15, 0.2) is 0 Å². The first-order valence-corrected chi connectivity index (χ1v) is 6.26. The molecule has 0 unspecified atom stereocenters. The predicted octanol–water partition coefficient (Wildman–Crippen LogP) is 4.48. The van der Waals surface area contributed by atoms with Gasteiger partial charge in [-0.05, 0) is 29.8 Å². The molecule has 6 heteroatoms. The van der Waals surface area contributed by atoms with Gasteiger partial charge in [-0.15, -0.1) is 0 Å². The molecule has 2 rings (SSSR count). The number of halogens is 4. The Morgan fingerprint density at radius 2 is 1.95 bits per heavy atom. The van der Waals surface area contributed by atoms with Gasteiger partial charge in [-0.2, -0.15) is 13.2 Å². The highest BCUT2D eigenvalue weighted by molar-refractivity contribution is 9.10. The molecule has 100 valence electrons. The smallest absolute Gasteiger partial charge is 0.366 e. The van der Waals surface area contributed by atoms with E-state index in [4.69, 9.17) is 0 Å². The minimum atomic E-state index is -4.35. The summed E-state index contributed by atoms with van der Waals surface area (Å²) in [6, 6.07) is 9.97. The zero-order chi connectivity index (χ0) is 13.9. The van der Waals surface area contributed by atoms with Crippen molar-refractivity contribution in [2.45, 2.75) is 12.7 Å². The molecule has 0 aliphatic carbocycles. The predicted molar refractivity (Wildman–Crippen MR) is 70.7 cm³/mol. The average molecular weight is 331 g/mol. The second kappa shape index (κ2) is 5.61. The van der Waals surface area contributed by atoms with Gasteiger partial charge in [0.25, 0.3) is 0 Å². The molecule has 0 saturated carbocycles. The van der Waals surface area contributed by atoms with Crippen molar-refractivity contribution in [3.63, 3.8) is 0 Å². The maximum Gasteiger partial charge on any atom is 0.417 e. The number of alkyl halides is 3. The molecule has 19 heavy (non-hydrogen) atoms. The quantitative estimate of drug-likeness (QED) is 0.897. The number of pyridine rings is 1. The van der Waals surface area contributed by atoms with Crippen molar-refractivity contribution >= 4 is 21.7 Å². The summed E-state index contributed by atoms with van der Waals surface area (Å²) in [5.41, 5.74) is 0.261. The van der Waals surface area contributed by atoms with Gasteiger partial charge in [0.05, 0.1) is 5.56 Å². The van der Waals surface area contributed by atoms with Crippen molar-refractivity contribution in [1.82, 2.24) is 4.98 Å². The second-order valence-corrected chi connectivity index (χ2v) is 4.83. The van der Waals surface area contributed by atoms with Crippen LogP contribution in [0, 0.1) is 0 Å². The minimum Gasteiger partial charge on any atom is -0.366 e. The van der Waals surface area contributed by atoms with Crippen LogP contribution in [0.4, 0.5) is 19.0 Å². The Kier molecular flexibility index (Phi) is 4.09. The van der Waals surface area contributed by atoms with Crippen molar-refractivity contribution in [2.75, 3.05) is 5.32 Å². The van der Waals surface area contributed by atoms with E-state index in [2.05, 4.69) is 26.2 Å². The Morgan fingerprint density at radius 1 is 1.16 bits per heavy atom. The van der Waals surface area contributed by atoms with E-state index in [-0.39, 0.29) is 0 Å². The Bertz CT molecular complexity index is 553. The van der Waals surface area contributed by atoms with E-state index in [1.54, 1.807) is 0 Å². The molecule has 1 aromatic heterocycles. The SMILES string of the molecule is FC(F)(F)c1ccc(NCc2cccc(Br)c2)nc1. The summed E-state index contributed by atoms with van der Waals surface area (Å²) in [6.07, 6.45) is -3.53. The van der Waals surface area contributed by atoms with E-state index < -0.39 is 11.7 Å². The lowest BCUT2D eigenvalue weighted by Gasteiger charge is -2.08. The Hall–Kier alpha value is -1.56. The molecule has 0 amide bonds. The summed E-state index contributed by atoms with van der Waals surface area (Å²) in [5, 5.41) is 2.97. The number of rotatable bonds is 3. The van der Waals surface area contributed by atoms with Crippen LogP contribution < -0.4 is 5.32 Å². The summed E-state index contributed by atoms with van der Waals surface area (Å²) < 4.78 is 38.0. The van der Waals surface area contributed by atoms with Crippen molar-refractivity contribution < 1.29 is 13.2 Å². The molecular formula is C13H10BrF3N2. The molecule has 1 N–H and O–H groups in total. The summed E-state index contributed by atoms with van der Waals surface area (Å²) in [6.45, 7) is 0.498. The molecule has 1 heterocycles. The van der Waals surface area contributed by atoms with E-state index in [0.29, 0.717) is 12.4 Å². The van der Waals surface area contributed by atoms with Crippen LogP contribution >= 0.6 is 15.9 Å². The molecule has 0 radical (unpaired) electrons. The Morgan fingerprint density at radius 3 is 2.53 bits per heavy atom. The molecule has 0 bridgehead atoms. The first kappa shape index (κ1) is 13.9. The molecule has 0 aliphatic rings. The number of benzene rings is 1. The van der Waals surface area contributed by atoms with Crippen molar-refractivity contribution in [3.05, 3.63) is 58.2 Å². The van der Waals surface area contributed by atoms with Crippen LogP contribution in [0.25, 0.3) is 0 Å². The van der Waals surface area contributed by atoms with Crippen LogP contribution in [0.15, 0.2) is 47.1 Å². The molecule has 0 atom stereocenters. The number of aromatic nitrogens is 1. The monoisotopic (exact) mass is 330 g/mol. The molecule has 0 spiro atoms. The number of anilines is 1. The van der Waals surface area contributed by atoms with Crippen LogP contribution in [0.3, 0.4) is 0 Å². The van der Waals surface area contributed by atoms with Gasteiger partial charge >= 0.3 is 6.18 Å². The highest BCUT2D eigenvalue weighted by Crippen LogP contribution is 2.28. The highest BCUT2D eigenvalue weighted by atomic mass is 79.9. The average Bonchev–Trinajstić information content (AvgIpc) is 2.36. The summed E-state index contributed by atoms with van der Waals surface area (Å²) >= 11 is 3.35. The minimum absolute atomic E-state index is 0.410. The maximum absolute atomic E-state index is 12.3. The topological polar surface area (TPSA) is 24.9 Å². The van der Waals surface area contributed by atoms with Gasteiger partial charge < -0.3 is 5.32 Å². The standard InChI is InChI=1S/C13H10BrF3N2/c14-11-3-1-2-9(6-11)7-18-12-5-4-10(8-19-12)13(15,16)17/h1-6,8H,7H2,(H,18,19). The fraction of sp³-hybridized carbons (Fsp3) is 0.154. The number of nitrogens with zero attached hydrogens (tertiary/aromatic N) is 1. The summed E-state index contributed by atoms with van der Waals surface area (Å²) in [7, 11) is 0. The molecular weight excluding hydrogens is 321 g/mol. The highest BCUT2D eigenvalue weighted by Gasteiger charge is 2.30. The normalized spacial score (nSPS) is 11.4. The van der Waals surface area contributed by atoms with Crippen LogP contribution in [0.5, 0.6) is 0 Å². The van der Waals surface area contributed by atoms with Crippen molar-refractivity contribution in [1.29, 1.82) is 0 Å². The number of hydrogen-bond acceptors (Lipinski definition) is 2. The Labute approximate surface area is 116 Å². The van der Waals surface area contributed by atoms with E-state index in [1.807, 2.05) is 24.3 Å². The molecule has 0 aliphatic heterocycles. The first-order chi connectivity index (χ1) is 8.95. The van der Waals surface area contributed by atoms with Gasteiger partial charge in [0.2, 0.25) is 0 Å². The van der Waals surface area contributed by atoms with E-state index >= 15 is 0 Å². The van der Waals surface area contributed by atoms with Crippen LogP contribution in [-0.4, -0.2) is 4.98 Å². The third-order valence-electron chi connectivity index (χ3n) is 2.45. The summed E-state index contributed by atoms with van der Waals surface area (Å²) in [5.74, 6) is 0.410. The number of hydrogen-bond donors (Lipinski definition) is 1. The molecule has 2 nitrogen and oxygen atoms in total. The van der Waals surface area contributed by atoms with Gasteiger partial charge in [-0.3, -0.25) is 0 Å². The molecule has 0 fully saturated rings. The van der Waals surface area contributed by atoms with Gasteiger partial charge in [-0.1, -0.05) is 28.1 Å². The Balaban J connectivity index is 2.01. The van der Waals surface area contributed by atoms with E-state index in [1.165, 1.54) is 6.07 Å². The van der Waals surface area contributed by atoms with E-state index in [0.717, 1.165) is 22.3 Å². The van der Waals surface area contributed by atoms with Crippen molar-refractivity contribution in [3.8, 4) is 0 Å². The largest absolute Gasteiger partial charge is 0.417 e. The zero-order valence-electron chi connectivity index (χ0n) is 9.71. The van der Waals surface area contributed by atoms with Crippen LogP contribution in [-0.2, 0) is 12.7 Å². The number of nitrogens with one attached hydrogen (secondary N) is 1. The van der Waals surface area contributed by atoms with E-state index in [9.17, 15) is 13.2 Å². The lowest BCUT2D eigenvalue weighted by atomic mass is 10.2. The maximum atomic E-state index is 12.3. The third kappa shape index (κ3) is 3.96. The lowest BCUT2D eigenvalue weighted by molar-refractivity contribution is -0.137. The fourth-order valence-corrected chi connectivity index (χ4v) is 1.95. The molecule has 2 aromatic rings. The first-order valence-electron chi connectivity index (χ1n) is 5.47. The lowest BCUT2D eigenvalue weighted by Crippen LogP contribution is -2.07. The molecule has 1 aromatic carbocycles. The second-order valence-electron chi connectivity index (χ2n) is 3.91. The fourth-order valence-electron chi connectivity index (χ4n) is 1.51. The van der Waals surface area contributed by atoms with Gasteiger partial charge in [-0.25, -0.2) is 4.98 Å². The summed E-state index contributed by atoms with van der Waals surface area (Å²) in [4.78, 5) is 3.74. The zero-order valence-corrected chi connectivity index (χ0v) is 11.3. The van der Waals surface area contributed by atoms with Crippen LogP contribution in [0.2, 0.25) is 0 Å². The third-order valence-corrected chi connectivity index (χ3v) is 2.95. The van der Waals surface area contributed by atoms with Gasteiger partial charge in [0.1, 0.15) is 5.82 Å². The van der Waals surface area contributed by atoms with Gasteiger partial charge in [0, 0.05) is 17.2 Å². The molecule has 0 saturated heterocycles.